The summed E-state index contributed by atoms with van der Waals surface area (Å²) >= 11 is 0. The summed E-state index contributed by atoms with van der Waals surface area (Å²) in [6.45, 7) is 10.1. The van der Waals surface area contributed by atoms with E-state index in [0.29, 0.717) is 5.56 Å². The molecule has 0 heterocycles. The summed E-state index contributed by atoms with van der Waals surface area (Å²) in [5, 5.41) is 15.7. The molecule has 0 bridgehead atoms. The third kappa shape index (κ3) is 11.1. The second-order valence-corrected chi connectivity index (χ2v) is 8.95. The van der Waals surface area contributed by atoms with Gasteiger partial charge in [-0.25, -0.2) is 14.4 Å². The Morgan fingerprint density at radius 2 is 1.50 bits per heavy atom. The Labute approximate surface area is 186 Å². The molecule has 1 aromatic carbocycles. The Balaban J connectivity index is 2.72. The van der Waals surface area contributed by atoms with Crippen molar-refractivity contribution < 1.29 is 33.5 Å². The minimum absolute atomic E-state index is 0.0254. The number of nitro groups is 1. The predicted molar refractivity (Wildman–Crippen MR) is 115 cm³/mol. The van der Waals surface area contributed by atoms with Gasteiger partial charge in [-0.05, 0) is 65.7 Å². The Morgan fingerprint density at radius 1 is 0.969 bits per heavy atom. The number of carbonyl (C=O) groups is 3. The molecule has 0 aromatic heterocycles. The minimum Gasteiger partial charge on any atom is -0.459 e. The van der Waals surface area contributed by atoms with E-state index in [0.717, 1.165) is 0 Å². The summed E-state index contributed by atoms with van der Waals surface area (Å²) in [4.78, 5) is 46.7. The fraction of sp³-hybridized carbons (Fsp3) is 0.571. The smallest absolute Gasteiger partial charge is 0.408 e. The van der Waals surface area contributed by atoms with E-state index in [2.05, 4.69) is 10.6 Å². The zero-order valence-corrected chi connectivity index (χ0v) is 19.2. The van der Waals surface area contributed by atoms with Gasteiger partial charge in [0.15, 0.2) is 0 Å². The van der Waals surface area contributed by atoms with Crippen LogP contribution in [0.5, 0.6) is 0 Å². The van der Waals surface area contributed by atoms with Gasteiger partial charge in [-0.3, -0.25) is 10.1 Å². The van der Waals surface area contributed by atoms with Crippen LogP contribution in [0.3, 0.4) is 0 Å². The van der Waals surface area contributed by atoms with E-state index >= 15 is 0 Å². The first-order chi connectivity index (χ1) is 14.7. The van der Waals surface area contributed by atoms with Crippen LogP contribution in [-0.4, -0.2) is 46.9 Å². The fourth-order valence-corrected chi connectivity index (χ4v) is 2.30. The molecule has 11 nitrogen and oxygen atoms in total. The lowest BCUT2D eigenvalue weighted by Gasteiger charge is -2.23. The molecule has 32 heavy (non-hydrogen) atoms. The topological polar surface area (TPSA) is 146 Å². The highest BCUT2D eigenvalue weighted by atomic mass is 16.6. The highest BCUT2D eigenvalue weighted by Crippen LogP contribution is 2.13. The van der Waals surface area contributed by atoms with Gasteiger partial charge in [-0.15, -0.1) is 0 Å². The second-order valence-electron chi connectivity index (χ2n) is 8.95. The normalized spacial score (nSPS) is 12.3. The fourth-order valence-electron chi connectivity index (χ4n) is 2.30. The van der Waals surface area contributed by atoms with Gasteiger partial charge in [0.2, 0.25) is 0 Å². The van der Waals surface area contributed by atoms with Crippen LogP contribution >= 0.6 is 0 Å². The molecule has 1 aromatic rings. The maximum atomic E-state index is 12.6. The maximum absolute atomic E-state index is 12.6. The Kier molecular flexibility index (Phi) is 9.42. The van der Waals surface area contributed by atoms with Gasteiger partial charge < -0.3 is 24.8 Å². The molecule has 11 heteroatoms. The van der Waals surface area contributed by atoms with E-state index in [1.807, 2.05) is 0 Å². The van der Waals surface area contributed by atoms with Crippen LogP contribution in [0.1, 0.15) is 53.5 Å². The van der Waals surface area contributed by atoms with Crippen LogP contribution in [0, 0.1) is 10.1 Å². The number of ether oxygens (including phenoxy) is 3. The molecule has 0 aliphatic rings. The average Bonchev–Trinajstić information content (AvgIpc) is 2.62. The first-order valence-electron chi connectivity index (χ1n) is 10.0. The highest BCUT2D eigenvalue weighted by molar-refractivity contribution is 5.81. The second kappa shape index (κ2) is 11.3. The van der Waals surface area contributed by atoms with E-state index < -0.39 is 40.3 Å². The molecule has 2 amide bonds. The summed E-state index contributed by atoms with van der Waals surface area (Å²) in [5.74, 6) is -0.750. The molecular weight excluding hydrogens is 422 g/mol. The number of carbonyl (C=O) groups excluding carboxylic acids is 3. The van der Waals surface area contributed by atoms with Crippen molar-refractivity contribution in [2.75, 3.05) is 6.54 Å². The van der Waals surface area contributed by atoms with Gasteiger partial charge >= 0.3 is 18.2 Å². The molecule has 2 N–H and O–H groups in total. The van der Waals surface area contributed by atoms with Crippen molar-refractivity contribution in [2.45, 2.75) is 71.8 Å². The van der Waals surface area contributed by atoms with Gasteiger partial charge in [-0.2, -0.15) is 0 Å². The number of nitrogens with zero attached hydrogens (tertiary/aromatic N) is 1. The lowest BCUT2D eigenvalue weighted by atomic mass is 10.2. The van der Waals surface area contributed by atoms with Crippen molar-refractivity contribution >= 4 is 23.8 Å². The van der Waals surface area contributed by atoms with Crippen molar-refractivity contribution in [3.63, 3.8) is 0 Å². The first-order valence-corrected chi connectivity index (χ1v) is 10.0. The summed E-state index contributed by atoms with van der Waals surface area (Å²) in [6, 6.07) is 4.42. The van der Waals surface area contributed by atoms with E-state index in [1.165, 1.54) is 24.3 Å². The van der Waals surface area contributed by atoms with Crippen molar-refractivity contribution in [1.82, 2.24) is 10.6 Å². The van der Waals surface area contributed by atoms with Crippen molar-refractivity contribution in [3.05, 3.63) is 39.9 Å². The van der Waals surface area contributed by atoms with Gasteiger partial charge in [0, 0.05) is 18.7 Å². The van der Waals surface area contributed by atoms with Crippen LogP contribution in [-0.2, 0) is 25.6 Å². The third-order valence-corrected chi connectivity index (χ3v) is 3.60. The number of benzene rings is 1. The molecule has 1 atom stereocenters. The number of nitro benzene ring substituents is 1. The Hall–Kier alpha value is -3.37. The Bertz CT molecular complexity index is 810. The molecule has 178 valence electrons. The van der Waals surface area contributed by atoms with Crippen molar-refractivity contribution in [2.24, 2.45) is 0 Å². The average molecular weight is 453 g/mol. The molecular formula is C21H31N3O8. The first kappa shape index (κ1) is 26.7. The summed E-state index contributed by atoms with van der Waals surface area (Å²) < 4.78 is 15.5. The number of esters is 1. The number of alkyl carbamates (subject to hydrolysis) is 2. The van der Waals surface area contributed by atoms with Crippen molar-refractivity contribution in [3.8, 4) is 0 Å². The van der Waals surface area contributed by atoms with E-state index in [9.17, 15) is 24.5 Å². The van der Waals surface area contributed by atoms with E-state index in [4.69, 9.17) is 14.2 Å². The lowest BCUT2D eigenvalue weighted by Crippen LogP contribution is -2.46. The van der Waals surface area contributed by atoms with Gasteiger partial charge in [0.25, 0.3) is 5.69 Å². The predicted octanol–water partition coefficient (Wildman–Crippen LogP) is 3.45. The molecule has 0 saturated carbocycles. The monoisotopic (exact) mass is 453 g/mol. The molecule has 0 aliphatic carbocycles. The van der Waals surface area contributed by atoms with Crippen LogP contribution in [0.4, 0.5) is 15.3 Å². The van der Waals surface area contributed by atoms with Gasteiger partial charge in [0.1, 0.15) is 23.9 Å². The third-order valence-electron chi connectivity index (χ3n) is 3.60. The number of hydrogen-bond acceptors (Lipinski definition) is 8. The number of hydrogen-bond donors (Lipinski definition) is 2. The Morgan fingerprint density at radius 3 is 2.00 bits per heavy atom. The molecule has 0 saturated heterocycles. The van der Waals surface area contributed by atoms with Crippen LogP contribution in [0.2, 0.25) is 0 Å². The lowest BCUT2D eigenvalue weighted by molar-refractivity contribution is -0.384. The quantitative estimate of drug-likeness (QED) is 0.263. The zero-order chi connectivity index (χ0) is 24.5. The van der Waals surface area contributed by atoms with Crippen LogP contribution < -0.4 is 10.6 Å². The molecule has 0 unspecified atom stereocenters. The SMILES string of the molecule is CC(C)(C)OC(=O)NCC[C@H](NC(=O)OC(C)(C)C)C(=O)OCc1ccc([N+](=O)[O-])cc1. The summed E-state index contributed by atoms with van der Waals surface area (Å²) in [6.07, 6.45) is -1.45. The maximum Gasteiger partial charge on any atom is 0.408 e. The molecule has 0 aliphatic heterocycles. The molecule has 0 radical (unpaired) electrons. The van der Waals surface area contributed by atoms with Crippen molar-refractivity contribution in [1.29, 1.82) is 0 Å². The highest BCUT2D eigenvalue weighted by Gasteiger charge is 2.26. The number of amides is 2. The molecule has 0 fully saturated rings. The van der Waals surface area contributed by atoms with Crippen LogP contribution in [0.25, 0.3) is 0 Å². The zero-order valence-electron chi connectivity index (χ0n) is 19.2. The summed E-state index contributed by atoms with van der Waals surface area (Å²) in [7, 11) is 0. The van der Waals surface area contributed by atoms with Gasteiger partial charge in [-0.1, -0.05) is 0 Å². The molecule has 1 rings (SSSR count). The van der Waals surface area contributed by atoms with E-state index in [-0.39, 0.29) is 25.3 Å². The molecule has 0 spiro atoms. The largest absolute Gasteiger partial charge is 0.459 e. The number of rotatable bonds is 8. The summed E-state index contributed by atoms with van der Waals surface area (Å²) in [5.41, 5.74) is -1.00. The number of nitrogens with one attached hydrogen (secondary N) is 2. The standard InChI is InChI=1S/C21H31N3O8/c1-20(2,3)31-18(26)22-12-11-16(23-19(27)32-21(4,5)6)17(25)30-13-14-7-9-15(10-8-14)24(28)29/h7-10,16H,11-13H2,1-6H3,(H,22,26)(H,23,27)/t16-/m0/s1. The van der Waals surface area contributed by atoms with E-state index in [1.54, 1.807) is 41.5 Å². The van der Waals surface area contributed by atoms with Crippen LogP contribution in [0.15, 0.2) is 24.3 Å². The minimum atomic E-state index is -1.10. The number of non-ortho nitro benzene ring substituents is 1. The van der Waals surface area contributed by atoms with Gasteiger partial charge in [0.05, 0.1) is 4.92 Å².